The van der Waals surface area contributed by atoms with E-state index >= 15 is 0 Å². The molecule has 0 unspecified atom stereocenters. The third kappa shape index (κ3) is 6.22. The molecule has 24 heavy (non-hydrogen) atoms. The van der Waals surface area contributed by atoms with Crippen molar-refractivity contribution in [2.24, 2.45) is 0 Å². The minimum atomic E-state index is -0.0378. The Labute approximate surface area is 148 Å². The first-order valence-electron chi connectivity index (χ1n) is 7.93. The average Bonchev–Trinajstić information content (AvgIpc) is 2.55. The Morgan fingerprint density at radius 2 is 1.96 bits per heavy atom. The number of methoxy groups -OCH3 is 1. The maximum atomic E-state index is 12.0. The fourth-order valence-electron chi connectivity index (χ4n) is 2.44. The van der Waals surface area contributed by atoms with Gasteiger partial charge in [0.05, 0.1) is 13.7 Å². The van der Waals surface area contributed by atoms with Crippen molar-refractivity contribution < 1.29 is 9.53 Å². The van der Waals surface area contributed by atoms with Crippen LogP contribution in [0.15, 0.2) is 48.5 Å². The van der Waals surface area contributed by atoms with Crippen LogP contribution in [0, 0.1) is 0 Å². The van der Waals surface area contributed by atoms with Crippen molar-refractivity contribution in [3.63, 3.8) is 0 Å². The first-order valence-corrected chi connectivity index (χ1v) is 8.31. The van der Waals surface area contributed by atoms with Crippen molar-refractivity contribution in [3.05, 3.63) is 59.1 Å². The maximum absolute atomic E-state index is 12.0. The second-order valence-electron chi connectivity index (χ2n) is 5.75. The number of carbonyl (C=O) groups excluding carboxylic acids is 1. The Morgan fingerprint density at radius 3 is 2.62 bits per heavy atom. The smallest absolute Gasteiger partial charge is 0.238 e. The van der Waals surface area contributed by atoms with E-state index in [0.717, 1.165) is 30.8 Å². The number of amides is 1. The van der Waals surface area contributed by atoms with Crippen LogP contribution in [0.1, 0.15) is 12.0 Å². The minimum absolute atomic E-state index is 0.0378. The summed E-state index contributed by atoms with van der Waals surface area (Å²) in [5.41, 5.74) is 1.99. The first-order chi connectivity index (χ1) is 11.6. The van der Waals surface area contributed by atoms with Gasteiger partial charge in [0.2, 0.25) is 5.91 Å². The van der Waals surface area contributed by atoms with Crippen molar-refractivity contribution >= 4 is 23.2 Å². The van der Waals surface area contributed by atoms with E-state index in [0.29, 0.717) is 11.6 Å². The van der Waals surface area contributed by atoms with E-state index in [9.17, 15) is 4.79 Å². The van der Waals surface area contributed by atoms with E-state index < -0.39 is 0 Å². The number of ether oxygens (including phenoxy) is 1. The normalized spacial score (nSPS) is 10.7. The standard InChI is InChI=1S/C19H23ClN2O2/c1-22(12-4-5-15-8-10-18(24-2)11-9-15)14-19(23)21-17-7-3-6-16(20)13-17/h3,6-11,13H,4-5,12,14H2,1-2H3,(H,21,23). The molecule has 1 amide bonds. The number of nitrogens with zero attached hydrogens (tertiary/aromatic N) is 1. The fourth-order valence-corrected chi connectivity index (χ4v) is 2.63. The molecule has 0 spiro atoms. The summed E-state index contributed by atoms with van der Waals surface area (Å²) in [6.45, 7) is 1.21. The van der Waals surface area contributed by atoms with Crippen LogP contribution >= 0.6 is 11.6 Å². The number of aryl methyl sites for hydroxylation is 1. The van der Waals surface area contributed by atoms with Gasteiger partial charge in [-0.1, -0.05) is 29.8 Å². The molecule has 128 valence electrons. The number of carbonyl (C=O) groups is 1. The van der Waals surface area contributed by atoms with Gasteiger partial charge < -0.3 is 10.1 Å². The van der Waals surface area contributed by atoms with Gasteiger partial charge in [-0.3, -0.25) is 9.69 Å². The Balaban J connectivity index is 1.70. The Bertz CT molecular complexity index is 659. The highest BCUT2D eigenvalue weighted by Gasteiger charge is 2.07. The van der Waals surface area contributed by atoms with Gasteiger partial charge in [-0.2, -0.15) is 0 Å². The number of hydrogen-bond acceptors (Lipinski definition) is 3. The summed E-state index contributed by atoms with van der Waals surface area (Å²) >= 11 is 5.91. The van der Waals surface area contributed by atoms with Gasteiger partial charge in [0.15, 0.2) is 0 Å². The summed E-state index contributed by atoms with van der Waals surface area (Å²) in [5, 5.41) is 3.47. The third-order valence-corrected chi connectivity index (χ3v) is 3.92. The predicted molar refractivity (Wildman–Crippen MR) is 98.9 cm³/mol. The van der Waals surface area contributed by atoms with Crippen LogP contribution in [0.25, 0.3) is 0 Å². The Morgan fingerprint density at radius 1 is 1.21 bits per heavy atom. The number of nitrogens with one attached hydrogen (secondary N) is 1. The zero-order valence-corrected chi connectivity index (χ0v) is 14.8. The topological polar surface area (TPSA) is 41.6 Å². The van der Waals surface area contributed by atoms with Crippen LogP contribution in [0.4, 0.5) is 5.69 Å². The number of rotatable bonds is 8. The summed E-state index contributed by atoms with van der Waals surface area (Å²) in [6.07, 6.45) is 1.97. The Kier molecular flexibility index (Phi) is 7.09. The predicted octanol–water partition coefficient (Wildman–Crippen LogP) is 3.85. The molecule has 0 fully saturated rings. The molecule has 4 nitrogen and oxygen atoms in total. The lowest BCUT2D eigenvalue weighted by atomic mass is 10.1. The van der Waals surface area contributed by atoms with Gasteiger partial charge in [-0.05, 0) is 62.3 Å². The molecule has 1 N–H and O–H groups in total. The fraction of sp³-hybridized carbons (Fsp3) is 0.316. The molecule has 2 aromatic rings. The maximum Gasteiger partial charge on any atom is 0.238 e. The van der Waals surface area contributed by atoms with Gasteiger partial charge in [-0.15, -0.1) is 0 Å². The highest BCUT2D eigenvalue weighted by Crippen LogP contribution is 2.15. The lowest BCUT2D eigenvalue weighted by molar-refractivity contribution is -0.117. The highest BCUT2D eigenvalue weighted by molar-refractivity contribution is 6.30. The van der Waals surface area contributed by atoms with Gasteiger partial charge >= 0.3 is 0 Å². The van der Waals surface area contributed by atoms with Crippen molar-refractivity contribution in [1.82, 2.24) is 4.90 Å². The van der Waals surface area contributed by atoms with Crippen LogP contribution < -0.4 is 10.1 Å². The second kappa shape index (κ2) is 9.30. The van der Waals surface area contributed by atoms with E-state index in [1.54, 1.807) is 19.2 Å². The minimum Gasteiger partial charge on any atom is -0.497 e. The molecular formula is C19H23ClN2O2. The highest BCUT2D eigenvalue weighted by atomic mass is 35.5. The number of anilines is 1. The number of halogens is 1. The summed E-state index contributed by atoms with van der Waals surface area (Å²) in [5.74, 6) is 0.831. The molecule has 0 aliphatic heterocycles. The van der Waals surface area contributed by atoms with E-state index in [1.165, 1.54) is 5.56 Å². The van der Waals surface area contributed by atoms with Gasteiger partial charge in [0.1, 0.15) is 5.75 Å². The largest absolute Gasteiger partial charge is 0.497 e. The summed E-state index contributed by atoms with van der Waals surface area (Å²) < 4.78 is 5.15. The molecule has 0 saturated heterocycles. The van der Waals surface area contributed by atoms with Gasteiger partial charge in [-0.25, -0.2) is 0 Å². The lowest BCUT2D eigenvalue weighted by Crippen LogP contribution is -2.31. The average molecular weight is 347 g/mol. The lowest BCUT2D eigenvalue weighted by Gasteiger charge is -2.16. The van der Waals surface area contributed by atoms with Crippen molar-refractivity contribution in [1.29, 1.82) is 0 Å². The molecular weight excluding hydrogens is 324 g/mol. The van der Waals surface area contributed by atoms with Crippen LogP contribution in [0.3, 0.4) is 0 Å². The third-order valence-electron chi connectivity index (χ3n) is 3.69. The molecule has 0 heterocycles. The molecule has 5 heteroatoms. The molecule has 0 bridgehead atoms. The molecule has 0 saturated carbocycles. The number of benzene rings is 2. The van der Waals surface area contributed by atoms with Crippen molar-refractivity contribution in [2.45, 2.75) is 12.8 Å². The second-order valence-corrected chi connectivity index (χ2v) is 6.18. The molecule has 0 atom stereocenters. The zero-order chi connectivity index (χ0) is 17.4. The van der Waals surface area contributed by atoms with Crippen molar-refractivity contribution in [3.8, 4) is 5.75 Å². The number of likely N-dealkylation sites (N-methyl/N-ethyl adjacent to an activating group) is 1. The molecule has 0 aromatic heterocycles. The van der Waals surface area contributed by atoms with Gasteiger partial charge in [0, 0.05) is 10.7 Å². The van der Waals surface area contributed by atoms with Crippen LogP contribution in [0.2, 0.25) is 5.02 Å². The van der Waals surface area contributed by atoms with Crippen LogP contribution in [-0.4, -0.2) is 38.1 Å². The first kappa shape index (κ1) is 18.3. The van der Waals surface area contributed by atoms with Gasteiger partial charge in [0.25, 0.3) is 0 Å². The van der Waals surface area contributed by atoms with E-state index in [1.807, 2.05) is 36.2 Å². The van der Waals surface area contributed by atoms with Crippen molar-refractivity contribution in [2.75, 3.05) is 32.6 Å². The molecule has 2 aromatic carbocycles. The number of hydrogen-bond donors (Lipinski definition) is 1. The molecule has 0 aliphatic rings. The SMILES string of the molecule is COc1ccc(CCCN(C)CC(=O)Nc2cccc(Cl)c2)cc1. The summed E-state index contributed by atoms with van der Waals surface area (Å²) in [4.78, 5) is 14.0. The van der Waals surface area contributed by atoms with E-state index in [2.05, 4.69) is 17.4 Å². The van der Waals surface area contributed by atoms with E-state index in [-0.39, 0.29) is 5.91 Å². The van der Waals surface area contributed by atoms with Crippen LogP contribution in [-0.2, 0) is 11.2 Å². The quantitative estimate of drug-likeness (QED) is 0.789. The molecule has 0 aliphatic carbocycles. The monoisotopic (exact) mass is 346 g/mol. The Hall–Kier alpha value is -2.04. The zero-order valence-electron chi connectivity index (χ0n) is 14.1. The molecule has 2 rings (SSSR count). The molecule has 0 radical (unpaired) electrons. The van der Waals surface area contributed by atoms with Crippen LogP contribution in [0.5, 0.6) is 5.75 Å². The van der Waals surface area contributed by atoms with E-state index in [4.69, 9.17) is 16.3 Å². The summed E-state index contributed by atoms with van der Waals surface area (Å²) in [6, 6.07) is 15.2. The summed E-state index contributed by atoms with van der Waals surface area (Å²) in [7, 11) is 3.62.